The van der Waals surface area contributed by atoms with Gasteiger partial charge in [0.1, 0.15) is 0 Å². The molecule has 0 aromatic rings. The second-order valence-electron chi connectivity index (χ2n) is 5.79. The maximum absolute atomic E-state index is 5.81. The molecule has 0 aromatic carbocycles. The molecule has 0 amide bonds. The van der Waals surface area contributed by atoms with Gasteiger partial charge in [0, 0.05) is 38.8 Å². The fourth-order valence-corrected chi connectivity index (χ4v) is 2.60. The normalized spacial score (nSPS) is 33.2. The summed E-state index contributed by atoms with van der Waals surface area (Å²) in [6.45, 7) is 10.0. The third-order valence-corrected chi connectivity index (χ3v) is 3.93. The van der Waals surface area contributed by atoms with Crippen LogP contribution in [0, 0.1) is 5.92 Å². The molecule has 2 unspecified atom stereocenters. The molecule has 0 aliphatic carbocycles. The molecule has 0 radical (unpaired) electrons. The van der Waals surface area contributed by atoms with Crippen molar-refractivity contribution < 1.29 is 4.74 Å². The molecular weight excluding hydrogens is 214 g/mol. The highest BCUT2D eigenvalue weighted by atomic mass is 16.5. The fraction of sp³-hybridized carbons (Fsp3) is 1.00. The predicted octanol–water partition coefficient (Wildman–Crippen LogP) is 0.942. The topological polar surface area (TPSA) is 27.7 Å². The fourth-order valence-electron chi connectivity index (χ4n) is 2.60. The Hall–Kier alpha value is -0.160. The first-order valence-corrected chi connectivity index (χ1v) is 6.96. The van der Waals surface area contributed by atoms with Crippen LogP contribution in [0.3, 0.4) is 0 Å². The summed E-state index contributed by atoms with van der Waals surface area (Å²) < 4.78 is 5.81. The number of rotatable bonds is 3. The SMILES string of the molecule is CC(C)C1CC(NN2CCN(C)CC2)CCO1. The van der Waals surface area contributed by atoms with Gasteiger partial charge in [-0.1, -0.05) is 13.8 Å². The zero-order valence-corrected chi connectivity index (χ0v) is 11.5. The van der Waals surface area contributed by atoms with Gasteiger partial charge in [0.05, 0.1) is 6.10 Å². The van der Waals surface area contributed by atoms with Gasteiger partial charge in [-0.3, -0.25) is 5.43 Å². The zero-order valence-electron chi connectivity index (χ0n) is 11.5. The zero-order chi connectivity index (χ0) is 12.3. The lowest BCUT2D eigenvalue weighted by Crippen LogP contribution is -2.55. The molecule has 0 bridgehead atoms. The van der Waals surface area contributed by atoms with Crippen LogP contribution in [-0.4, -0.2) is 61.9 Å². The molecule has 17 heavy (non-hydrogen) atoms. The van der Waals surface area contributed by atoms with Gasteiger partial charge in [-0.15, -0.1) is 0 Å². The lowest BCUT2D eigenvalue weighted by molar-refractivity contribution is -0.0411. The summed E-state index contributed by atoms with van der Waals surface area (Å²) in [5.74, 6) is 0.632. The largest absolute Gasteiger partial charge is 0.378 e. The van der Waals surface area contributed by atoms with Gasteiger partial charge in [-0.2, -0.15) is 0 Å². The van der Waals surface area contributed by atoms with Crippen LogP contribution in [0.1, 0.15) is 26.7 Å². The number of nitrogens with one attached hydrogen (secondary N) is 1. The van der Waals surface area contributed by atoms with Crippen molar-refractivity contribution >= 4 is 0 Å². The summed E-state index contributed by atoms with van der Waals surface area (Å²) in [5, 5.41) is 2.40. The number of nitrogens with zero attached hydrogens (tertiary/aromatic N) is 2. The van der Waals surface area contributed by atoms with Crippen LogP contribution in [-0.2, 0) is 4.74 Å². The molecule has 4 heteroatoms. The van der Waals surface area contributed by atoms with E-state index >= 15 is 0 Å². The molecule has 2 heterocycles. The molecule has 2 saturated heterocycles. The third-order valence-electron chi connectivity index (χ3n) is 3.93. The summed E-state index contributed by atoms with van der Waals surface area (Å²) in [7, 11) is 2.20. The highest BCUT2D eigenvalue weighted by Crippen LogP contribution is 2.20. The van der Waals surface area contributed by atoms with E-state index in [9.17, 15) is 0 Å². The Bertz CT molecular complexity index is 227. The monoisotopic (exact) mass is 241 g/mol. The van der Waals surface area contributed by atoms with Crippen LogP contribution in [0.2, 0.25) is 0 Å². The highest BCUT2D eigenvalue weighted by Gasteiger charge is 2.26. The van der Waals surface area contributed by atoms with Crippen LogP contribution in [0.5, 0.6) is 0 Å². The summed E-state index contributed by atoms with van der Waals surface area (Å²) in [6, 6.07) is 0.611. The summed E-state index contributed by atoms with van der Waals surface area (Å²) in [5.41, 5.74) is 3.69. The standard InChI is InChI=1S/C13H27N3O/c1-11(2)13-10-12(4-9-17-13)14-16-7-5-15(3)6-8-16/h11-14H,4-10H2,1-3H3. The van der Waals surface area contributed by atoms with Crippen LogP contribution < -0.4 is 5.43 Å². The predicted molar refractivity (Wildman–Crippen MR) is 69.8 cm³/mol. The molecule has 0 spiro atoms. The summed E-state index contributed by atoms with van der Waals surface area (Å²) in [6.07, 6.45) is 2.74. The van der Waals surface area contributed by atoms with Gasteiger partial charge in [-0.25, -0.2) is 5.01 Å². The number of likely N-dealkylation sites (N-methyl/N-ethyl adjacent to an activating group) is 1. The number of hydrogen-bond donors (Lipinski definition) is 1. The Balaban J connectivity index is 1.75. The van der Waals surface area contributed by atoms with E-state index in [2.05, 4.69) is 36.2 Å². The molecule has 4 nitrogen and oxygen atoms in total. The Morgan fingerprint density at radius 1 is 1.18 bits per heavy atom. The van der Waals surface area contributed by atoms with E-state index in [-0.39, 0.29) is 0 Å². The van der Waals surface area contributed by atoms with Crippen LogP contribution in [0.4, 0.5) is 0 Å². The molecular formula is C13H27N3O. The van der Waals surface area contributed by atoms with E-state index < -0.39 is 0 Å². The minimum atomic E-state index is 0.439. The smallest absolute Gasteiger partial charge is 0.0613 e. The van der Waals surface area contributed by atoms with E-state index in [0.29, 0.717) is 18.1 Å². The van der Waals surface area contributed by atoms with Gasteiger partial charge < -0.3 is 9.64 Å². The summed E-state index contributed by atoms with van der Waals surface area (Å²) in [4.78, 5) is 2.39. The molecule has 0 aromatic heterocycles. The second kappa shape index (κ2) is 6.14. The van der Waals surface area contributed by atoms with E-state index in [0.717, 1.165) is 32.5 Å². The van der Waals surface area contributed by atoms with Crippen molar-refractivity contribution in [2.45, 2.75) is 38.8 Å². The molecule has 2 aliphatic heterocycles. The van der Waals surface area contributed by atoms with Gasteiger partial charge in [0.15, 0.2) is 0 Å². The second-order valence-corrected chi connectivity index (χ2v) is 5.79. The molecule has 2 atom stereocenters. The van der Waals surface area contributed by atoms with Gasteiger partial charge >= 0.3 is 0 Å². The van der Waals surface area contributed by atoms with E-state index in [1.807, 2.05) is 0 Å². The first-order valence-electron chi connectivity index (χ1n) is 6.96. The number of hydrogen-bond acceptors (Lipinski definition) is 4. The van der Waals surface area contributed by atoms with Crippen molar-refractivity contribution in [1.82, 2.24) is 15.3 Å². The quantitative estimate of drug-likeness (QED) is 0.796. The van der Waals surface area contributed by atoms with Crippen LogP contribution in [0.15, 0.2) is 0 Å². The maximum Gasteiger partial charge on any atom is 0.0613 e. The van der Waals surface area contributed by atoms with E-state index in [1.54, 1.807) is 0 Å². The van der Waals surface area contributed by atoms with Crippen molar-refractivity contribution in [2.75, 3.05) is 39.8 Å². The van der Waals surface area contributed by atoms with Crippen LogP contribution >= 0.6 is 0 Å². The molecule has 2 aliphatic rings. The van der Waals surface area contributed by atoms with E-state index in [4.69, 9.17) is 4.74 Å². The lowest BCUT2D eigenvalue weighted by Gasteiger charge is -2.39. The minimum absolute atomic E-state index is 0.439. The Morgan fingerprint density at radius 2 is 1.88 bits per heavy atom. The first-order chi connectivity index (χ1) is 8.15. The van der Waals surface area contributed by atoms with Crippen molar-refractivity contribution in [1.29, 1.82) is 0 Å². The number of piperazine rings is 1. The Labute approximate surface area is 105 Å². The Kier molecular flexibility index (Phi) is 4.79. The molecule has 1 N–H and O–H groups in total. The van der Waals surface area contributed by atoms with Gasteiger partial charge in [0.2, 0.25) is 0 Å². The first kappa shape index (κ1) is 13.3. The molecule has 100 valence electrons. The average molecular weight is 241 g/mol. The van der Waals surface area contributed by atoms with Crippen molar-refractivity contribution in [3.63, 3.8) is 0 Å². The van der Waals surface area contributed by atoms with Crippen molar-refractivity contribution in [2.24, 2.45) is 5.92 Å². The maximum atomic E-state index is 5.81. The van der Waals surface area contributed by atoms with Gasteiger partial charge in [-0.05, 0) is 25.8 Å². The number of ether oxygens (including phenoxy) is 1. The van der Waals surface area contributed by atoms with Crippen molar-refractivity contribution in [3.05, 3.63) is 0 Å². The Morgan fingerprint density at radius 3 is 2.53 bits per heavy atom. The molecule has 0 saturated carbocycles. The summed E-state index contributed by atoms with van der Waals surface area (Å²) >= 11 is 0. The lowest BCUT2D eigenvalue weighted by atomic mass is 9.96. The van der Waals surface area contributed by atoms with E-state index in [1.165, 1.54) is 13.1 Å². The minimum Gasteiger partial charge on any atom is -0.378 e. The third kappa shape index (κ3) is 3.91. The number of hydrazine groups is 1. The highest BCUT2D eigenvalue weighted by molar-refractivity contribution is 4.79. The van der Waals surface area contributed by atoms with Gasteiger partial charge in [0.25, 0.3) is 0 Å². The van der Waals surface area contributed by atoms with Crippen molar-refractivity contribution in [3.8, 4) is 0 Å². The van der Waals surface area contributed by atoms with Crippen LogP contribution in [0.25, 0.3) is 0 Å². The molecule has 2 fully saturated rings. The average Bonchev–Trinajstić information content (AvgIpc) is 2.32. The molecule has 2 rings (SSSR count).